The maximum absolute atomic E-state index is 14.6. The van der Waals surface area contributed by atoms with Gasteiger partial charge in [-0.3, -0.25) is 43.8 Å². The number of hydrogen-bond acceptors (Lipinski definition) is 20. The van der Waals surface area contributed by atoms with Gasteiger partial charge < -0.3 is 50.4 Å². The van der Waals surface area contributed by atoms with E-state index in [1.54, 1.807) is 37.2 Å². The smallest absolute Gasteiger partial charge is 0.265 e. The lowest BCUT2D eigenvalue weighted by atomic mass is 9.54. The molecule has 0 radical (unpaired) electrons. The van der Waals surface area contributed by atoms with Gasteiger partial charge in [0.15, 0.2) is 22.7 Å². The number of rotatable bonds is 10. The summed E-state index contributed by atoms with van der Waals surface area (Å²) in [6.45, 7) is 3.12. The number of nitrogens with zero attached hydrogens (tertiary/aromatic N) is 3. The molecule has 21 heteroatoms. The summed E-state index contributed by atoms with van der Waals surface area (Å²) in [7, 11) is 6.43. The number of amides is 1. The molecule has 9 N–H and O–H groups in total. The minimum atomic E-state index is -2.75. The Balaban J connectivity index is 0.000000205. The number of aromatic hydroxyl groups is 1. The first-order chi connectivity index (χ1) is 37.4. The summed E-state index contributed by atoms with van der Waals surface area (Å²) in [5.41, 5.74) is -3.43. The number of phenols is 1. The van der Waals surface area contributed by atoms with E-state index in [0.29, 0.717) is 0 Å². The quantitative estimate of drug-likeness (QED) is 0.0389. The number of fused-ring (bicyclic) bond motifs is 6. The number of benzene rings is 4. The number of Topliss-reactive ketones (excluding diaryl/α,β-unsaturated/α-hetero) is 5. The third-order valence-electron chi connectivity index (χ3n) is 16.5. The van der Waals surface area contributed by atoms with Crippen molar-refractivity contribution < 1.29 is 83.5 Å². The second-order valence-electron chi connectivity index (χ2n) is 21.4. The third kappa shape index (κ3) is 8.13. The van der Waals surface area contributed by atoms with Crippen molar-refractivity contribution in [1.29, 1.82) is 0 Å². The zero-order chi connectivity index (χ0) is 57.0. The number of ketones is 5. The molecule has 418 valence electrons. The molecule has 9 atom stereocenters. The lowest BCUT2D eigenvalue weighted by Gasteiger charge is -2.53. The zero-order valence-corrected chi connectivity index (χ0v) is 43.6. The van der Waals surface area contributed by atoms with Crippen molar-refractivity contribution in [3.63, 3.8) is 0 Å². The molecular weight excluding hydrogens is 1040 g/mol. The van der Waals surface area contributed by atoms with Gasteiger partial charge in [-0.1, -0.05) is 92.4 Å². The van der Waals surface area contributed by atoms with E-state index in [2.05, 4.69) is 5.16 Å². The maximum atomic E-state index is 14.6. The normalized spacial score (nSPS) is 28.4. The Hall–Kier alpha value is -8.15. The lowest BCUT2D eigenvalue weighted by molar-refractivity contribution is -0.313. The average Bonchev–Trinajstić information content (AvgIpc) is 3.84. The van der Waals surface area contributed by atoms with Gasteiger partial charge in [-0.2, -0.15) is 0 Å². The van der Waals surface area contributed by atoms with Crippen LogP contribution >= 0.6 is 0 Å². The fourth-order valence-electron chi connectivity index (χ4n) is 12.7. The lowest BCUT2D eigenvalue weighted by Crippen LogP contribution is -2.67. The zero-order valence-electron chi connectivity index (χ0n) is 43.6. The minimum Gasteiger partial charge on any atom is -0.508 e. The molecule has 5 aromatic rings. The predicted octanol–water partition coefficient (Wildman–Crippen LogP) is 5.11. The first kappa shape index (κ1) is 56.6. The molecule has 1 aromatic heterocycles. The van der Waals surface area contributed by atoms with E-state index < -0.39 is 121 Å². The molecule has 21 nitrogen and oxygen atoms in total. The Kier molecular flexibility index (Phi) is 14.3. The molecule has 0 bridgehead atoms. The number of primary amides is 1. The van der Waals surface area contributed by atoms with Gasteiger partial charge in [0, 0.05) is 28.9 Å². The molecule has 80 heavy (non-hydrogen) atoms. The number of carbonyl (C=O) groups excluding carboxylic acids is 6. The van der Waals surface area contributed by atoms with Gasteiger partial charge in [0.05, 0.1) is 34.4 Å². The van der Waals surface area contributed by atoms with Gasteiger partial charge in [0.25, 0.3) is 11.8 Å². The summed E-state index contributed by atoms with van der Waals surface area (Å²) in [5.74, 6) is -11.7. The molecule has 0 aliphatic heterocycles. The second-order valence-corrected chi connectivity index (χ2v) is 21.4. The van der Waals surface area contributed by atoms with Crippen LogP contribution in [0.25, 0.3) is 5.76 Å². The number of phenolic OH excluding ortho intramolecular Hbond substituents is 1. The molecule has 4 aromatic carbocycles. The fraction of sp³-hybridized carbons (Fsp3) is 0.339. The summed E-state index contributed by atoms with van der Waals surface area (Å²) in [6.07, 6.45) is -0.363. The Labute approximate surface area is 458 Å². The molecule has 0 saturated heterocycles. The summed E-state index contributed by atoms with van der Waals surface area (Å²) in [4.78, 5) is 90.1. The number of likely N-dealkylation sites (N-methyl/N-ethyl adjacent to an activating group) is 1. The summed E-state index contributed by atoms with van der Waals surface area (Å²) in [6, 6.07) is 25.6. The fourth-order valence-corrected chi connectivity index (χ4v) is 12.7. The van der Waals surface area contributed by atoms with Gasteiger partial charge in [-0.25, -0.2) is 4.89 Å². The first-order valence-electron chi connectivity index (χ1n) is 25.1. The molecule has 1 heterocycles. The van der Waals surface area contributed by atoms with Crippen LogP contribution in [0.1, 0.15) is 94.5 Å². The number of aliphatic hydroxyl groups excluding tert-OH is 2. The van der Waals surface area contributed by atoms with E-state index >= 15 is 0 Å². The third-order valence-corrected chi connectivity index (χ3v) is 16.5. The van der Waals surface area contributed by atoms with Gasteiger partial charge in [-0.05, 0) is 94.4 Å². The number of carbonyl (C=O) groups is 6. The molecule has 1 fully saturated rings. The predicted molar refractivity (Wildman–Crippen MR) is 283 cm³/mol. The molecular formula is C59H60N4O17. The Morgan fingerprint density at radius 3 is 1.89 bits per heavy atom. The van der Waals surface area contributed by atoms with Gasteiger partial charge >= 0.3 is 0 Å². The van der Waals surface area contributed by atoms with Crippen molar-refractivity contribution in [3.05, 3.63) is 170 Å². The van der Waals surface area contributed by atoms with Crippen LogP contribution in [-0.4, -0.2) is 131 Å². The largest absolute Gasteiger partial charge is 0.508 e. The molecule has 0 unspecified atom stereocenters. The number of hydrogen-bond donors (Lipinski definition) is 8. The Morgan fingerprint density at radius 1 is 0.713 bits per heavy atom. The van der Waals surface area contributed by atoms with Crippen LogP contribution in [-0.2, 0) is 48.5 Å². The van der Waals surface area contributed by atoms with E-state index in [1.807, 2.05) is 60.7 Å². The molecule has 0 spiro atoms. The van der Waals surface area contributed by atoms with Crippen LogP contribution in [0.4, 0.5) is 0 Å². The monoisotopic (exact) mass is 1100 g/mol. The average molecular weight is 1100 g/mol. The van der Waals surface area contributed by atoms with Crippen LogP contribution in [0, 0.1) is 17.8 Å². The van der Waals surface area contributed by atoms with Crippen molar-refractivity contribution in [2.24, 2.45) is 23.5 Å². The van der Waals surface area contributed by atoms with E-state index in [0.717, 1.165) is 11.1 Å². The number of aliphatic hydroxyl groups is 5. The topological polar surface area (TPSA) is 330 Å². The summed E-state index contributed by atoms with van der Waals surface area (Å²) in [5, 5.41) is 81.7. The van der Waals surface area contributed by atoms with Crippen LogP contribution < -0.4 is 15.2 Å². The van der Waals surface area contributed by atoms with Crippen molar-refractivity contribution in [2.45, 2.75) is 81.8 Å². The molecule has 6 aliphatic carbocycles. The molecule has 6 aliphatic rings. The second kappa shape index (κ2) is 20.2. The van der Waals surface area contributed by atoms with Crippen LogP contribution in [0.2, 0.25) is 0 Å². The maximum Gasteiger partial charge on any atom is 0.265 e. The van der Waals surface area contributed by atoms with Crippen molar-refractivity contribution in [2.75, 3.05) is 28.2 Å². The summed E-state index contributed by atoms with van der Waals surface area (Å²) < 4.78 is 17.6. The molecule has 11 rings (SSSR count). The van der Waals surface area contributed by atoms with Crippen molar-refractivity contribution in [3.8, 4) is 17.4 Å². The van der Waals surface area contributed by atoms with Gasteiger partial charge in [-0.15, -0.1) is 0 Å². The molecule has 1 amide bonds. The van der Waals surface area contributed by atoms with Crippen molar-refractivity contribution in [1.82, 2.24) is 15.0 Å². The van der Waals surface area contributed by atoms with E-state index in [9.17, 15) is 64.7 Å². The van der Waals surface area contributed by atoms with Crippen LogP contribution in [0.5, 0.6) is 17.4 Å². The number of nitrogens with two attached hydrogens (primary N) is 1. The van der Waals surface area contributed by atoms with Gasteiger partial charge in [0.1, 0.15) is 53.0 Å². The first-order valence-corrected chi connectivity index (χ1v) is 25.1. The standard InChI is InChI=1S/C36H32N2O9.C22H24N2O8.CH4/c1-35(47-43)22-15-10-16-25(44-18-20-11-6-4-7-12-20)26(22)30(39)27-23(35)17-24-29(38(2)3)31-28(33(41)36(24,42)32(27)40)34(37-46-31)45-19-21-13-8-5-9-14-21;1-21(31)8-5-4-6-11(25)12(8)16(26)13-9(21)7-10-15(24(2)3)17(27)14(20(23)30)19(29)22(10,32)18(13)28;/h4-16,24,29,42-43H,17-19H2,1-3H3;4-6,9-10,15,25-26,29,31-32H,7H2,1-3H3,(H2,23,30);1H4/t24-,29-,35+,36-;9-,10-,15-,21+,22-;/m00./s1. The highest BCUT2D eigenvalue weighted by molar-refractivity contribution is 6.37. The Bertz CT molecular complexity index is 3530. The highest BCUT2D eigenvalue weighted by atomic mass is 17.1. The number of ether oxygens (including phenoxy) is 2. The SMILES string of the molecule is C.CN(C)[C@@H]1C(=O)C(C(N)=O)=C(O)[C@@]2(O)C(=O)C3=C(O)c4c(O)cccc4[C@@](C)(O)[C@H]3C[C@@H]12.CN(C)[C@@H]1c2onc(OCc3ccccc3)c2C(=O)[C@@]2(O)C(=O)C3=C(C[C@@H]12)[C@](C)(OO)c1cccc(OCc2ccccc2)c1C3=O. The van der Waals surface area contributed by atoms with E-state index in [1.165, 1.54) is 51.0 Å². The summed E-state index contributed by atoms with van der Waals surface area (Å²) >= 11 is 0. The van der Waals surface area contributed by atoms with E-state index in [-0.39, 0.29) is 84.3 Å². The van der Waals surface area contributed by atoms with Crippen LogP contribution in [0.15, 0.2) is 130 Å². The highest BCUT2D eigenvalue weighted by Crippen LogP contribution is 2.59. The minimum absolute atomic E-state index is 0. The van der Waals surface area contributed by atoms with Gasteiger partial charge in [0.2, 0.25) is 23.1 Å². The van der Waals surface area contributed by atoms with E-state index in [4.69, 9.17) is 24.6 Å². The molecule has 1 saturated carbocycles. The van der Waals surface area contributed by atoms with Crippen LogP contribution in [0.3, 0.4) is 0 Å². The highest BCUT2D eigenvalue weighted by Gasteiger charge is 2.68. The number of aromatic nitrogens is 1. The van der Waals surface area contributed by atoms with Crippen molar-refractivity contribution >= 4 is 40.6 Å². The Morgan fingerprint density at radius 2 is 1.30 bits per heavy atom.